The summed E-state index contributed by atoms with van der Waals surface area (Å²) in [5.74, 6) is 0.134. The van der Waals surface area contributed by atoms with Gasteiger partial charge in [-0.15, -0.1) is 0 Å². The summed E-state index contributed by atoms with van der Waals surface area (Å²) in [5, 5.41) is 3.53. The van der Waals surface area contributed by atoms with Crippen LogP contribution in [-0.4, -0.2) is 77.7 Å². The van der Waals surface area contributed by atoms with Crippen molar-refractivity contribution >= 4 is 38.6 Å². The third kappa shape index (κ3) is 5.70. The molecule has 2 aliphatic heterocycles. The molecule has 1 N–H and O–H groups in total. The van der Waals surface area contributed by atoms with Crippen molar-refractivity contribution in [3.8, 4) is 0 Å². The molecule has 0 unspecified atom stereocenters. The number of hydrogen-bond acceptors (Lipinski definition) is 8. The lowest BCUT2D eigenvalue weighted by molar-refractivity contribution is -0.137. The molecule has 33 heavy (non-hydrogen) atoms. The van der Waals surface area contributed by atoms with Gasteiger partial charge in [-0.25, -0.2) is 4.98 Å². The van der Waals surface area contributed by atoms with E-state index in [2.05, 4.69) is 20.2 Å². The molecule has 0 bridgehead atoms. The van der Waals surface area contributed by atoms with E-state index in [-0.39, 0.29) is 23.9 Å². The van der Waals surface area contributed by atoms with Gasteiger partial charge in [0.15, 0.2) is 10.8 Å². The molecule has 0 radical (unpaired) electrons. The molecule has 2 aromatic heterocycles. The fraction of sp³-hybridized carbons (Fsp3) is 0.682. The number of aromatic nitrogens is 3. The molecule has 10 nitrogen and oxygen atoms in total. The standard InChI is InChI=1S/C22H32N6O4S/c1-32-13-5-8-23-17(29)14-28-15-24-19-18(21(28)31)33-22(25-19)27-11-6-16(7-12-27)20(30)26-9-3-2-4-10-26/h15-16H,2-14H2,1H3,(H,23,29). The summed E-state index contributed by atoms with van der Waals surface area (Å²) in [4.78, 5) is 50.8. The largest absolute Gasteiger partial charge is 0.385 e. The van der Waals surface area contributed by atoms with Gasteiger partial charge in [-0.3, -0.25) is 19.0 Å². The van der Waals surface area contributed by atoms with E-state index in [0.717, 1.165) is 57.0 Å². The number of amides is 2. The average molecular weight is 477 g/mol. The second kappa shape index (κ2) is 11.1. The van der Waals surface area contributed by atoms with Crippen LogP contribution in [0.15, 0.2) is 11.1 Å². The number of nitrogens with one attached hydrogen (secondary N) is 1. The van der Waals surface area contributed by atoms with Crippen molar-refractivity contribution in [3.63, 3.8) is 0 Å². The topological polar surface area (TPSA) is 110 Å². The number of carbonyl (C=O) groups excluding carboxylic acids is 2. The monoisotopic (exact) mass is 476 g/mol. The van der Waals surface area contributed by atoms with Crippen LogP contribution in [0.3, 0.4) is 0 Å². The van der Waals surface area contributed by atoms with Crippen molar-refractivity contribution in [1.82, 2.24) is 24.8 Å². The average Bonchev–Trinajstić information content (AvgIpc) is 3.29. The van der Waals surface area contributed by atoms with E-state index >= 15 is 0 Å². The van der Waals surface area contributed by atoms with Crippen LogP contribution in [0.2, 0.25) is 0 Å². The van der Waals surface area contributed by atoms with Gasteiger partial charge in [-0.1, -0.05) is 11.3 Å². The summed E-state index contributed by atoms with van der Waals surface area (Å²) in [6, 6.07) is 0. The minimum atomic E-state index is -0.258. The van der Waals surface area contributed by atoms with E-state index in [1.54, 1.807) is 7.11 Å². The number of nitrogens with zero attached hydrogens (tertiary/aromatic N) is 5. The van der Waals surface area contributed by atoms with Gasteiger partial charge >= 0.3 is 0 Å². The van der Waals surface area contributed by atoms with Crippen molar-refractivity contribution in [2.45, 2.75) is 45.1 Å². The maximum Gasteiger partial charge on any atom is 0.273 e. The lowest BCUT2D eigenvalue weighted by Gasteiger charge is -2.35. The number of thiazole rings is 1. The molecule has 2 fully saturated rings. The Morgan fingerprint density at radius 1 is 1.18 bits per heavy atom. The first-order chi connectivity index (χ1) is 16.1. The molecule has 0 aliphatic carbocycles. The molecule has 0 saturated carbocycles. The second-order valence-corrected chi connectivity index (χ2v) is 9.65. The summed E-state index contributed by atoms with van der Waals surface area (Å²) >= 11 is 1.31. The number of methoxy groups -OCH3 is 1. The maximum absolute atomic E-state index is 12.9. The summed E-state index contributed by atoms with van der Waals surface area (Å²) in [6.07, 6.45) is 7.12. The van der Waals surface area contributed by atoms with Gasteiger partial charge < -0.3 is 19.9 Å². The maximum atomic E-state index is 12.9. The highest BCUT2D eigenvalue weighted by atomic mass is 32.1. The van der Waals surface area contributed by atoms with Crippen molar-refractivity contribution in [3.05, 3.63) is 16.7 Å². The van der Waals surface area contributed by atoms with Crippen molar-refractivity contribution in [2.75, 3.05) is 51.3 Å². The quantitative estimate of drug-likeness (QED) is 0.571. The minimum Gasteiger partial charge on any atom is -0.385 e. The molecule has 4 rings (SSSR count). The van der Waals surface area contributed by atoms with Crippen LogP contribution in [0.4, 0.5) is 5.13 Å². The van der Waals surface area contributed by atoms with Crippen LogP contribution < -0.4 is 15.8 Å². The molecule has 2 aromatic rings. The van der Waals surface area contributed by atoms with Crippen molar-refractivity contribution in [2.24, 2.45) is 5.92 Å². The molecule has 2 saturated heterocycles. The Morgan fingerprint density at radius 3 is 2.67 bits per heavy atom. The first-order valence-electron chi connectivity index (χ1n) is 11.7. The Morgan fingerprint density at radius 2 is 1.94 bits per heavy atom. The normalized spacial score (nSPS) is 17.5. The molecular formula is C22H32N6O4S. The number of ether oxygens (including phenoxy) is 1. The van der Waals surface area contributed by atoms with Gasteiger partial charge in [0.2, 0.25) is 11.8 Å². The number of anilines is 1. The molecule has 0 atom stereocenters. The molecule has 0 aromatic carbocycles. The molecular weight excluding hydrogens is 444 g/mol. The van der Waals surface area contributed by atoms with E-state index < -0.39 is 0 Å². The van der Waals surface area contributed by atoms with Gasteiger partial charge in [0.25, 0.3) is 5.56 Å². The van der Waals surface area contributed by atoms with E-state index in [4.69, 9.17) is 4.74 Å². The Labute approximate surface area is 196 Å². The predicted octanol–water partition coefficient (Wildman–Crippen LogP) is 1.23. The third-order valence-corrected chi connectivity index (χ3v) is 7.41. The molecule has 2 amide bonds. The van der Waals surface area contributed by atoms with Crippen LogP contribution in [0.5, 0.6) is 0 Å². The van der Waals surface area contributed by atoms with Crippen molar-refractivity contribution in [1.29, 1.82) is 0 Å². The van der Waals surface area contributed by atoms with Gasteiger partial charge in [-0.2, -0.15) is 4.98 Å². The van der Waals surface area contributed by atoms with Gasteiger partial charge in [0.1, 0.15) is 17.6 Å². The Balaban J connectivity index is 1.36. The highest BCUT2D eigenvalue weighted by molar-refractivity contribution is 7.22. The van der Waals surface area contributed by atoms with Crippen molar-refractivity contribution < 1.29 is 14.3 Å². The third-order valence-electron chi connectivity index (χ3n) is 6.32. The smallest absolute Gasteiger partial charge is 0.273 e. The minimum absolute atomic E-state index is 0.0754. The molecule has 0 spiro atoms. The van der Waals surface area contributed by atoms with Crippen LogP contribution in [0.1, 0.15) is 38.5 Å². The number of hydrogen-bond donors (Lipinski definition) is 1. The summed E-state index contributed by atoms with van der Waals surface area (Å²) < 4.78 is 6.73. The lowest BCUT2D eigenvalue weighted by Crippen LogP contribution is -2.44. The molecule has 11 heteroatoms. The van der Waals surface area contributed by atoms with E-state index in [1.165, 1.54) is 28.7 Å². The highest BCUT2D eigenvalue weighted by Crippen LogP contribution is 2.30. The Bertz CT molecular complexity index is 1020. The first kappa shape index (κ1) is 23.6. The zero-order valence-electron chi connectivity index (χ0n) is 19.1. The summed E-state index contributed by atoms with van der Waals surface area (Å²) in [7, 11) is 1.61. The van der Waals surface area contributed by atoms with E-state index in [0.29, 0.717) is 35.8 Å². The summed E-state index contributed by atoms with van der Waals surface area (Å²) in [5.41, 5.74) is 0.147. The van der Waals surface area contributed by atoms with E-state index in [1.807, 2.05) is 4.90 Å². The number of carbonyl (C=O) groups is 2. The predicted molar refractivity (Wildman–Crippen MR) is 127 cm³/mol. The second-order valence-electron chi connectivity index (χ2n) is 8.67. The first-order valence-corrected chi connectivity index (χ1v) is 12.5. The summed E-state index contributed by atoms with van der Waals surface area (Å²) in [6.45, 7) is 4.25. The van der Waals surface area contributed by atoms with Gasteiger partial charge in [-0.05, 0) is 38.5 Å². The SMILES string of the molecule is COCCCNC(=O)Cn1cnc2nc(N3CCC(C(=O)N4CCCCC4)CC3)sc2c1=O. The molecule has 4 heterocycles. The zero-order chi connectivity index (χ0) is 23.2. The lowest BCUT2D eigenvalue weighted by atomic mass is 9.94. The van der Waals surface area contributed by atoms with Crippen LogP contribution in [0.25, 0.3) is 10.3 Å². The van der Waals surface area contributed by atoms with Crippen LogP contribution >= 0.6 is 11.3 Å². The Hall–Kier alpha value is -2.53. The molecule has 2 aliphatic rings. The number of piperidine rings is 2. The highest BCUT2D eigenvalue weighted by Gasteiger charge is 2.30. The number of likely N-dealkylation sites (tertiary alicyclic amines) is 1. The fourth-order valence-electron chi connectivity index (χ4n) is 4.43. The van der Waals surface area contributed by atoms with Crippen LogP contribution in [0, 0.1) is 5.92 Å². The number of fused-ring (bicyclic) bond motifs is 1. The number of rotatable bonds is 8. The fourth-order valence-corrected chi connectivity index (χ4v) is 5.45. The van der Waals surface area contributed by atoms with E-state index in [9.17, 15) is 14.4 Å². The van der Waals surface area contributed by atoms with Crippen LogP contribution in [-0.2, 0) is 20.9 Å². The zero-order valence-corrected chi connectivity index (χ0v) is 19.9. The van der Waals surface area contributed by atoms with Gasteiger partial charge in [0, 0.05) is 52.4 Å². The molecule has 180 valence electrons. The Kier molecular flexibility index (Phi) is 7.92. The van der Waals surface area contributed by atoms with Gasteiger partial charge in [0.05, 0.1) is 0 Å².